The SMILES string of the molecule is COCCOc1cccc(CNC(=O)c2ccc3ncccc3c2)c1F. The first-order valence-corrected chi connectivity index (χ1v) is 8.21. The van der Waals surface area contributed by atoms with E-state index in [0.717, 1.165) is 10.9 Å². The van der Waals surface area contributed by atoms with Crippen LogP contribution >= 0.6 is 0 Å². The molecule has 1 N–H and O–H groups in total. The van der Waals surface area contributed by atoms with Gasteiger partial charge in [0, 0.05) is 36.4 Å². The van der Waals surface area contributed by atoms with Gasteiger partial charge in [0.2, 0.25) is 0 Å². The predicted molar refractivity (Wildman–Crippen MR) is 96.7 cm³/mol. The lowest BCUT2D eigenvalue weighted by atomic mass is 10.1. The number of nitrogens with zero attached hydrogens (tertiary/aromatic N) is 1. The summed E-state index contributed by atoms with van der Waals surface area (Å²) in [4.78, 5) is 16.6. The van der Waals surface area contributed by atoms with Crippen LogP contribution in [0.5, 0.6) is 5.75 Å². The number of benzene rings is 2. The molecule has 5 nitrogen and oxygen atoms in total. The largest absolute Gasteiger partial charge is 0.488 e. The molecular formula is C20H19FN2O3. The van der Waals surface area contributed by atoms with Gasteiger partial charge < -0.3 is 14.8 Å². The molecule has 0 radical (unpaired) electrons. The summed E-state index contributed by atoms with van der Waals surface area (Å²) >= 11 is 0. The third-order valence-corrected chi connectivity index (χ3v) is 3.89. The van der Waals surface area contributed by atoms with Crippen molar-refractivity contribution in [1.29, 1.82) is 0 Å². The van der Waals surface area contributed by atoms with Gasteiger partial charge in [0.25, 0.3) is 5.91 Å². The van der Waals surface area contributed by atoms with Gasteiger partial charge in [0.1, 0.15) is 6.61 Å². The van der Waals surface area contributed by atoms with Gasteiger partial charge in [-0.15, -0.1) is 0 Å². The lowest BCUT2D eigenvalue weighted by molar-refractivity contribution is 0.0950. The normalized spacial score (nSPS) is 10.7. The van der Waals surface area contributed by atoms with Crippen molar-refractivity contribution in [3.05, 3.63) is 71.7 Å². The van der Waals surface area contributed by atoms with Gasteiger partial charge in [-0.3, -0.25) is 9.78 Å². The van der Waals surface area contributed by atoms with Crippen molar-refractivity contribution < 1.29 is 18.7 Å². The number of methoxy groups -OCH3 is 1. The Kier molecular flexibility index (Phi) is 5.76. The molecule has 0 saturated heterocycles. The van der Waals surface area contributed by atoms with Gasteiger partial charge in [0.15, 0.2) is 11.6 Å². The first kappa shape index (κ1) is 17.8. The molecular weight excluding hydrogens is 335 g/mol. The van der Waals surface area contributed by atoms with Gasteiger partial charge in [-0.25, -0.2) is 4.39 Å². The number of pyridine rings is 1. The standard InChI is InChI=1S/C20H19FN2O3/c1-25-10-11-26-18-6-2-4-16(19(18)21)13-23-20(24)15-7-8-17-14(12-15)5-3-9-22-17/h2-9,12H,10-11,13H2,1H3,(H,23,24). The van der Waals surface area contributed by atoms with Crippen LogP contribution in [0.2, 0.25) is 0 Å². The van der Waals surface area contributed by atoms with Crippen molar-refractivity contribution in [1.82, 2.24) is 10.3 Å². The highest BCUT2D eigenvalue weighted by Gasteiger charge is 2.12. The molecule has 134 valence electrons. The summed E-state index contributed by atoms with van der Waals surface area (Å²) in [6.45, 7) is 0.697. The van der Waals surface area contributed by atoms with Crippen molar-refractivity contribution in [3.63, 3.8) is 0 Å². The summed E-state index contributed by atoms with van der Waals surface area (Å²) in [6.07, 6.45) is 1.70. The van der Waals surface area contributed by atoms with Crippen molar-refractivity contribution in [2.75, 3.05) is 20.3 Å². The predicted octanol–water partition coefficient (Wildman–Crippen LogP) is 3.33. The number of fused-ring (bicyclic) bond motifs is 1. The average Bonchev–Trinajstić information content (AvgIpc) is 2.68. The maximum atomic E-state index is 14.4. The van der Waals surface area contributed by atoms with Crippen molar-refractivity contribution in [3.8, 4) is 5.75 Å². The molecule has 0 spiro atoms. The number of amides is 1. The number of hydrogen-bond acceptors (Lipinski definition) is 4. The minimum absolute atomic E-state index is 0.0667. The van der Waals surface area contributed by atoms with E-state index < -0.39 is 5.82 Å². The number of nitrogens with one attached hydrogen (secondary N) is 1. The van der Waals surface area contributed by atoms with E-state index in [1.54, 1.807) is 49.7 Å². The van der Waals surface area contributed by atoms with E-state index in [0.29, 0.717) is 17.7 Å². The minimum Gasteiger partial charge on any atom is -0.488 e. The summed E-state index contributed by atoms with van der Waals surface area (Å²) < 4.78 is 24.7. The van der Waals surface area contributed by atoms with E-state index in [1.807, 2.05) is 12.1 Å². The van der Waals surface area contributed by atoms with Crippen molar-refractivity contribution in [2.24, 2.45) is 0 Å². The van der Waals surface area contributed by atoms with Crippen LogP contribution in [0.3, 0.4) is 0 Å². The van der Waals surface area contributed by atoms with Gasteiger partial charge in [-0.05, 0) is 30.3 Å². The second kappa shape index (κ2) is 8.40. The Morgan fingerprint density at radius 3 is 2.88 bits per heavy atom. The Morgan fingerprint density at radius 1 is 1.15 bits per heavy atom. The monoisotopic (exact) mass is 354 g/mol. The number of halogens is 1. The zero-order chi connectivity index (χ0) is 18.4. The molecule has 0 aliphatic carbocycles. The van der Waals surface area contributed by atoms with Crippen LogP contribution in [0, 0.1) is 5.82 Å². The van der Waals surface area contributed by atoms with E-state index in [1.165, 1.54) is 0 Å². The summed E-state index contributed by atoms with van der Waals surface area (Å²) in [6, 6.07) is 13.8. The molecule has 6 heteroatoms. The zero-order valence-corrected chi connectivity index (χ0v) is 14.4. The molecule has 26 heavy (non-hydrogen) atoms. The maximum absolute atomic E-state index is 14.4. The first-order chi connectivity index (χ1) is 12.7. The van der Waals surface area contributed by atoms with Crippen LogP contribution in [0.4, 0.5) is 4.39 Å². The Bertz CT molecular complexity index is 914. The smallest absolute Gasteiger partial charge is 0.251 e. The molecule has 0 fully saturated rings. The highest BCUT2D eigenvalue weighted by atomic mass is 19.1. The van der Waals surface area contributed by atoms with Gasteiger partial charge in [-0.1, -0.05) is 18.2 Å². The number of carbonyl (C=O) groups excluding carboxylic acids is 1. The van der Waals surface area contributed by atoms with Crippen LogP contribution in [0.1, 0.15) is 15.9 Å². The summed E-state index contributed by atoms with van der Waals surface area (Å²) in [5, 5.41) is 3.61. The van der Waals surface area contributed by atoms with E-state index in [-0.39, 0.29) is 24.8 Å². The van der Waals surface area contributed by atoms with Gasteiger partial charge >= 0.3 is 0 Å². The average molecular weight is 354 g/mol. The molecule has 0 unspecified atom stereocenters. The summed E-state index contributed by atoms with van der Waals surface area (Å²) in [7, 11) is 1.55. The first-order valence-electron chi connectivity index (χ1n) is 8.21. The Morgan fingerprint density at radius 2 is 2.04 bits per heavy atom. The Balaban J connectivity index is 1.67. The van der Waals surface area contributed by atoms with Gasteiger partial charge in [-0.2, -0.15) is 0 Å². The molecule has 3 aromatic rings. The molecule has 1 aromatic heterocycles. The summed E-state index contributed by atoms with van der Waals surface area (Å²) in [5.41, 5.74) is 1.67. The van der Waals surface area contributed by atoms with Crippen molar-refractivity contribution in [2.45, 2.75) is 6.54 Å². The van der Waals surface area contributed by atoms with Crippen LogP contribution in [-0.4, -0.2) is 31.2 Å². The van der Waals surface area contributed by atoms with E-state index in [2.05, 4.69) is 10.3 Å². The fourth-order valence-corrected chi connectivity index (χ4v) is 2.53. The molecule has 2 aromatic carbocycles. The molecule has 0 atom stereocenters. The fourth-order valence-electron chi connectivity index (χ4n) is 2.53. The zero-order valence-electron chi connectivity index (χ0n) is 14.4. The molecule has 1 amide bonds. The third kappa shape index (κ3) is 4.15. The lowest BCUT2D eigenvalue weighted by Gasteiger charge is -2.11. The number of rotatable bonds is 7. The quantitative estimate of drug-likeness (QED) is 0.661. The second-order valence-corrected chi connectivity index (χ2v) is 5.66. The minimum atomic E-state index is -0.480. The summed E-state index contributed by atoms with van der Waals surface area (Å²) in [5.74, 6) is -0.613. The molecule has 0 saturated carbocycles. The fraction of sp³-hybridized carbons (Fsp3) is 0.200. The molecule has 0 bridgehead atoms. The lowest BCUT2D eigenvalue weighted by Crippen LogP contribution is -2.23. The van der Waals surface area contributed by atoms with E-state index >= 15 is 0 Å². The Hall–Kier alpha value is -2.99. The molecule has 1 heterocycles. The van der Waals surface area contributed by atoms with Crippen molar-refractivity contribution >= 4 is 16.8 Å². The molecule has 3 rings (SSSR count). The highest BCUT2D eigenvalue weighted by molar-refractivity contribution is 5.97. The molecule has 0 aliphatic heterocycles. The highest BCUT2D eigenvalue weighted by Crippen LogP contribution is 2.20. The third-order valence-electron chi connectivity index (χ3n) is 3.89. The number of aromatic nitrogens is 1. The van der Waals surface area contributed by atoms with Crippen LogP contribution < -0.4 is 10.1 Å². The van der Waals surface area contributed by atoms with E-state index in [4.69, 9.17) is 9.47 Å². The van der Waals surface area contributed by atoms with Crippen LogP contribution in [0.25, 0.3) is 10.9 Å². The second-order valence-electron chi connectivity index (χ2n) is 5.66. The number of hydrogen-bond donors (Lipinski definition) is 1. The number of ether oxygens (including phenoxy) is 2. The Labute approximate surface area is 150 Å². The van der Waals surface area contributed by atoms with Gasteiger partial charge in [0.05, 0.1) is 12.1 Å². The topological polar surface area (TPSA) is 60.5 Å². The van der Waals surface area contributed by atoms with Crippen LogP contribution in [-0.2, 0) is 11.3 Å². The number of carbonyl (C=O) groups is 1. The molecule has 0 aliphatic rings. The van der Waals surface area contributed by atoms with E-state index in [9.17, 15) is 9.18 Å². The maximum Gasteiger partial charge on any atom is 0.251 e. The van der Waals surface area contributed by atoms with Crippen LogP contribution in [0.15, 0.2) is 54.7 Å².